The number of fused-ring (bicyclic) bond motifs is 1. The molecule has 2 aromatic carbocycles. The minimum atomic E-state index is -3.51. The summed E-state index contributed by atoms with van der Waals surface area (Å²) >= 11 is 0. The van der Waals surface area contributed by atoms with Crippen molar-refractivity contribution in [3.63, 3.8) is 0 Å². The van der Waals surface area contributed by atoms with Crippen LogP contribution in [0.15, 0.2) is 52.3 Å². The first kappa shape index (κ1) is 13.7. The number of sulfone groups is 1. The lowest BCUT2D eigenvalue weighted by Crippen LogP contribution is -2.10. The summed E-state index contributed by atoms with van der Waals surface area (Å²) in [6.07, 6.45) is 1.62. The average molecular weight is 302 g/mol. The second-order valence-electron chi connectivity index (χ2n) is 4.86. The van der Waals surface area contributed by atoms with E-state index in [0.29, 0.717) is 10.5 Å². The lowest BCUT2D eigenvalue weighted by Gasteiger charge is -2.09. The van der Waals surface area contributed by atoms with Crippen molar-refractivity contribution in [2.75, 3.05) is 6.61 Å². The fourth-order valence-electron chi connectivity index (χ4n) is 2.39. The van der Waals surface area contributed by atoms with Crippen molar-refractivity contribution in [2.45, 2.75) is 11.8 Å². The number of aryl methyl sites for hydroxylation is 1. The Bertz CT molecular complexity index is 835. The summed E-state index contributed by atoms with van der Waals surface area (Å²) in [5.41, 5.74) is 1.41. The van der Waals surface area contributed by atoms with Crippen LogP contribution in [0.25, 0.3) is 6.08 Å². The van der Waals surface area contributed by atoms with Crippen LogP contribution in [0.5, 0.6) is 11.5 Å². The SMILES string of the molecule is Cc1cccc2c1S(=O)(=O)C(COc1ccccc1O)=C2. The zero-order chi connectivity index (χ0) is 15.0. The van der Waals surface area contributed by atoms with Gasteiger partial charge in [-0.2, -0.15) is 0 Å². The van der Waals surface area contributed by atoms with E-state index in [1.807, 2.05) is 6.07 Å². The molecule has 1 aliphatic rings. The molecule has 4 nitrogen and oxygen atoms in total. The standard InChI is InChI=1S/C16H14O4S/c1-11-5-4-6-12-9-13(21(18,19)16(11)12)10-20-15-8-3-2-7-14(15)17/h2-9,17H,10H2,1H3. The Morgan fingerprint density at radius 1 is 1.10 bits per heavy atom. The number of hydrogen-bond acceptors (Lipinski definition) is 4. The molecule has 0 fully saturated rings. The van der Waals surface area contributed by atoms with Crippen LogP contribution >= 0.6 is 0 Å². The van der Waals surface area contributed by atoms with Crippen LogP contribution in [-0.2, 0) is 9.84 Å². The van der Waals surface area contributed by atoms with Crippen molar-refractivity contribution in [3.05, 3.63) is 58.5 Å². The summed E-state index contributed by atoms with van der Waals surface area (Å²) in [7, 11) is -3.51. The quantitative estimate of drug-likeness (QED) is 0.947. The Hall–Kier alpha value is -2.27. The number of phenolic OH excluding ortho intramolecular Hbond substituents is 1. The molecule has 0 bridgehead atoms. The maximum absolute atomic E-state index is 12.5. The van der Waals surface area contributed by atoms with E-state index in [1.165, 1.54) is 6.07 Å². The van der Waals surface area contributed by atoms with Gasteiger partial charge in [0.05, 0.1) is 9.80 Å². The van der Waals surface area contributed by atoms with Gasteiger partial charge in [0.1, 0.15) is 6.61 Å². The van der Waals surface area contributed by atoms with Crippen molar-refractivity contribution >= 4 is 15.9 Å². The van der Waals surface area contributed by atoms with Gasteiger partial charge in [0.2, 0.25) is 9.84 Å². The summed E-state index contributed by atoms with van der Waals surface area (Å²) in [6.45, 7) is 1.67. The molecule has 108 valence electrons. The molecule has 21 heavy (non-hydrogen) atoms. The lowest BCUT2D eigenvalue weighted by atomic mass is 10.1. The maximum atomic E-state index is 12.5. The largest absolute Gasteiger partial charge is 0.504 e. The van der Waals surface area contributed by atoms with E-state index in [0.717, 1.165) is 5.56 Å². The van der Waals surface area contributed by atoms with E-state index in [1.54, 1.807) is 43.3 Å². The zero-order valence-electron chi connectivity index (χ0n) is 11.4. The van der Waals surface area contributed by atoms with Gasteiger partial charge < -0.3 is 9.84 Å². The molecule has 2 aromatic rings. The molecule has 5 heteroatoms. The highest BCUT2D eigenvalue weighted by molar-refractivity contribution is 7.96. The molecule has 0 spiro atoms. The maximum Gasteiger partial charge on any atom is 0.207 e. The molecule has 0 unspecified atom stereocenters. The average Bonchev–Trinajstić information content (AvgIpc) is 2.70. The van der Waals surface area contributed by atoms with Gasteiger partial charge in [-0.25, -0.2) is 8.42 Å². The van der Waals surface area contributed by atoms with E-state index in [-0.39, 0.29) is 23.0 Å². The van der Waals surface area contributed by atoms with Crippen LogP contribution in [0.3, 0.4) is 0 Å². The Labute approximate surface area is 123 Å². The molecule has 1 heterocycles. The number of hydrogen-bond donors (Lipinski definition) is 1. The summed E-state index contributed by atoms with van der Waals surface area (Å²) < 4.78 is 30.4. The van der Waals surface area contributed by atoms with E-state index in [9.17, 15) is 13.5 Å². The summed E-state index contributed by atoms with van der Waals surface area (Å²) in [5.74, 6) is 0.253. The van der Waals surface area contributed by atoms with Crippen LogP contribution in [0, 0.1) is 6.92 Å². The van der Waals surface area contributed by atoms with Gasteiger partial charge in [0.25, 0.3) is 0 Å². The van der Waals surface area contributed by atoms with Crippen molar-refractivity contribution in [1.29, 1.82) is 0 Å². The van der Waals surface area contributed by atoms with Gasteiger partial charge >= 0.3 is 0 Å². The third-order valence-corrected chi connectivity index (χ3v) is 5.43. The molecule has 1 aliphatic heterocycles. The molecule has 0 saturated carbocycles. The van der Waals surface area contributed by atoms with Crippen LogP contribution in [0.1, 0.15) is 11.1 Å². The normalized spacial score (nSPS) is 15.4. The van der Waals surface area contributed by atoms with Crippen molar-refractivity contribution in [1.82, 2.24) is 0 Å². The van der Waals surface area contributed by atoms with Crippen LogP contribution in [0.2, 0.25) is 0 Å². The predicted octanol–water partition coefficient (Wildman–Crippen LogP) is 2.91. The first-order chi connectivity index (χ1) is 10.00. The van der Waals surface area contributed by atoms with E-state index in [4.69, 9.17) is 4.74 Å². The summed E-state index contributed by atoms with van der Waals surface area (Å²) in [5, 5.41) is 9.64. The van der Waals surface area contributed by atoms with Crippen LogP contribution in [0.4, 0.5) is 0 Å². The lowest BCUT2D eigenvalue weighted by molar-refractivity contribution is 0.333. The minimum Gasteiger partial charge on any atom is -0.504 e. The third-order valence-electron chi connectivity index (χ3n) is 3.41. The second-order valence-corrected chi connectivity index (χ2v) is 6.80. The molecule has 0 atom stereocenters. The molecule has 3 rings (SSSR count). The number of benzene rings is 2. The Balaban J connectivity index is 1.89. The molecule has 0 aliphatic carbocycles. The predicted molar refractivity (Wildman–Crippen MR) is 79.9 cm³/mol. The van der Waals surface area contributed by atoms with E-state index < -0.39 is 9.84 Å². The molecular formula is C16H14O4S. The molecule has 0 aromatic heterocycles. The van der Waals surface area contributed by atoms with Gasteiger partial charge in [0.15, 0.2) is 11.5 Å². The smallest absolute Gasteiger partial charge is 0.207 e. The first-order valence-electron chi connectivity index (χ1n) is 6.46. The highest BCUT2D eigenvalue weighted by Gasteiger charge is 2.31. The number of ether oxygens (including phenoxy) is 1. The molecule has 1 N–H and O–H groups in total. The molecule has 0 radical (unpaired) electrons. The van der Waals surface area contributed by atoms with E-state index >= 15 is 0 Å². The third kappa shape index (κ3) is 2.29. The molecule has 0 saturated heterocycles. The van der Waals surface area contributed by atoms with Gasteiger partial charge in [-0.3, -0.25) is 0 Å². The first-order valence-corrected chi connectivity index (χ1v) is 7.94. The van der Waals surface area contributed by atoms with Crippen molar-refractivity contribution < 1.29 is 18.3 Å². The molecule has 0 amide bonds. The summed E-state index contributed by atoms with van der Waals surface area (Å²) in [6, 6.07) is 11.8. The fourth-order valence-corrected chi connectivity index (χ4v) is 4.07. The number of rotatable bonds is 3. The van der Waals surface area contributed by atoms with Crippen molar-refractivity contribution in [2.24, 2.45) is 0 Å². The van der Waals surface area contributed by atoms with Gasteiger partial charge in [-0.1, -0.05) is 30.3 Å². The van der Waals surface area contributed by atoms with Crippen LogP contribution in [-0.4, -0.2) is 20.1 Å². The Morgan fingerprint density at radius 2 is 1.86 bits per heavy atom. The highest BCUT2D eigenvalue weighted by Crippen LogP contribution is 2.35. The summed E-state index contributed by atoms with van der Waals surface area (Å²) in [4.78, 5) is 0.552. The van der Waals surface area contributed by atoms with Gasteiger partial charge in [-0.05, 0) is 36.3 Å². The number of phenols is 1. The monoisotopic (exact) mass is 302 g/mol. The zero-order valence-corrected chi connectivity index (χ0v) is 12.2. The molecular weight excluding hydrogens is 288 g/mol. The number of para-hydroxylation sites is 2. The van der Waals surface area contributed by atoms with Gasteiger partial charge in [0, 0.05) is 0 Å². The second kappa shape index (κ2) is 4.93. The number of aromatic hydroxyl groups is 1. The highest BCUT2D eigenvalue weighted by atomic mass is 32.2. The topological polar surface area (TPSA) is 63.6 Å². The van der Waals surface area contributed by atoms with Gasteiger partial charge in [-0.15, -0.1) is 0 Å². The minimum absolute atomic E-state index is 0.0119. The van der Waals surface area contributed by atoms with E-state index in [2.05, 4.69) is 0 Å². The van der Waals surface area contributed by atoms with Crippen molar-refractivity contribution in [3.8, 4) is 11.5 Å². The Morgan fingerprint density at radius 3 is 2.57 bits per heavy atom. The van der Waals surface area contributed by atoms with Crippen LogP contribution < -0.4 is 4.74 Å². The Kier molecular flexibility index (Phi) is 3.22. The fraction of sp³-hybridized carbons (Fsp3) is 0.125.